The molecule has 0 spiro atoms. The van der Waals surface area contributed by atoms with Crippen molar-refractivity contribution in [2.45, 2.75) is 10.6 Å². The summed E-state index contributed by atoms with van der Waals surface area (Å²) >= 11 is 5.86. The van der Waals surface area contributed by atoms with Gasteiger partial charge < -0.3 is 0 Å². The Morgan fingerprint density at radius 1 is 1.05 bits per heavy atom. The van der Waals surface area contributed by atoms with E-state index in [2.05, 4.69) is 0 Å². The van der Waals surface area contributed by atoms with E-state index in [-0.39, 0.29) is 0 Å². The molecule has 0 bridgehead atoms. The zero-order valence-electron chi connectivity index (χ0n) is 9.58. The molecular weight excluding hydrogens is 286 g/mol. The van der Waals surface area contributed by atoms with Crippen LogP contribution in [0.5, 0.6) is 0 Å². The van der Waals surface area contributed by atoms with Crippen LogP contribution in [0.2, 0.25) is 5.02 Å². The van der Waals surface area contributed by atoms with Gasteiger partial charge in [-0.1, -0.05) is 41.9 Å². The highest BCUT2D eigenvalue weighted by Gasteiger charge is 2.71. The second-order valence-electron chi connectivity index (χ2n) is 4.47. The number of hydroxylamine groups is 1. The minimum atomic E-state index is -3.55. The van der Waals surface area contributed by atoms with E-state index in [1.165, 1.54) is 0 Å². The van der Waals surface area contributed by atoms with Gasteiger partial charge in [0.1, 0.15) is 0 Å². The predicted molar refractivity (Wildman–Crippen MR) is 68.8 cm³/mol. The van der Waals surface area contributed by atoms with Crippen molar-refractivity contribution in [3.8, 4) is 0 Å². The molecule has 96 valence electrons. The van der Waals surface area contributed by atoms with Gasteiger partial charge in [-0.15, -0.1) is 0 Å². The fourth-order valence-electron chi connectivity index (χ4n) is 2.52. The molecule has 1 fully saturated rings. The first kappa shape index (κ1) is 11.4. The molecule has 19 heavy (non-hydrogen) atoms. The Kier molecular flexibility index (Phi) is 2.03. The van der Waals surface area contributed by atoms with Gasteiger partial charge in [0.2, 0.25) is 5.72 Å². The Morgan fingerprint density at radius 2 is 1.74 bits per heavy atom. The molecule has 2 aliphatic heterocycles. The topological polar surface area (TPSA) is 49.7 Å². The second-order valence-corrected chi connectivity index (χ2v) is 6.63. The molecule has 6 heteroatoms. The van der Waals surface area contributed by atoms with Crippen molar-refractivity contribution in [3.63, 3.8) is 0 Å². The molecule has 2 heterocycles. The van der Waals surface area contributed by atoms with Crippen LogP contribution in [0.1, 0.15) is 11.1 Å². The zero-order chi connectivity index (χ0) is 13.3. The molecule has 0 aromatic heterocycles. The molecule has 1 saturated heterocycles. The number of fused-ring (bicyclic) bond motifs is 3. The van der Waals surface area contributed by atoms with Crippen LogP contribution in [0.3, 0.4) is 0 Å². The predicted octanol–water partition coefficient (Wildman–Crippen LogP) is 2.49. The van der Waals surface area contributed by atoms with E-state index < -0.39 is 15.7 Å². The maximum absolute atomic E-state index is 12.2. The Hall–Kier alpha value is -1.40. The smallest absolute Gasteiger partial charge is 0.244 e. The Balaban J connectivity index is 1.99. The lowest BCUT2D eigenvalue weighted by Gasteiger charge is -2.08. The lowest BCUT2D eigenvalue weighted by atomic mass is 9.97. The summed E-state index contributed by atoms with van der Waals surface area (Å²) in [5.74, 6) is 0. The molecule has 0 saturated carbocycles. The Morgan fingerprint density at radius 3 is 2.47 bits per heavy atom. The summed E-state index contributed by atoms with van der Waals surface area (Å²) < 4.78 is 25.5. The maximum atomic E-state index is 12.2. The maximum Gasteiger partial charge on any atom is 0.269 e. The first-order valence-electron chi connectivity index (χ1n) is 5.67. The fourth-order valence-corrected chi connectivity index (χ4v) is 4.30. The Bertz CT molecular complexity index is 788. The number of hydrogen-bond donors (Lipinski definition) is 0. The minimum Gasteiger partial charge on any atom is -0.244 e. The third-order valence-electron chi connectivity index (χ3n) is 3.42. The molecule has 2 aromatic carbocycles. The average molecular weight is 294 g/mol. The molecule has 2 aliphatic rings. The SMILES string of the molecule is O=S1(=O)c2ccccc2C2(c3ccc(Cl)cc3)ON21. The van der Waals surface area contributed by atoms with Crippen LogP contribution in [-0.2, 0) is 20.6 Å². The van der Waals surface area contributed by atoms with E-state index in [1.807, 2.05) is 0 Å². The fraction of sp³-hybridized carbons (Fsp3) is 0.0769. The summed E-state index contributed by atoms with van der Waals surface area (Å²) in [4.78, 5) is 5.71. The van der Waals surface area contributed by atoms with Gasteiger partial charge in [-0.05, 0) is 22.7 Å². The van der Waals surface area contributed by atoms with Gasteiger partial charge in [0.15, 0.2) is 0 Å². The van der Waals surface area contributed by atoms with Crippen LogP contribution in [0.25, 0.3) is 0 Å². The van der Waals surface area contributed by atoms with E-state index >= 15 is 0 Å². The minimum absolute atomic E-state index is 0.302. The van der Waals surface area contributed by atoms with E-state index in [0.717, 1.165) is 10.0 Å². The van der Waals surface area contributed by atoms with E-state index in [9.17, 15) is 8.42 Å². The lowest BCUT2D eigenvalue weighted by molar-refractivity contribution is 0.259. The van der Waals surface area contributed by atoms with Crippen LogP contribution in [-0.4, -0.2) is 12.9 Å². The van der Waals surface area contributed by atoms with Crippen molar-refractivity contribution in [1.29, 1.82) is 0 Å². The van der Waals surface area contributed by atoms with Gasteiger partial charge in [-0.3, -0.25) is 0 Å². The first-order chi connectivity index (χ1) is 9.07. The molecule has 4 rings (SSSR count). The summed E-state index contributed by atoms with van der Waals surface area (Å²) in [6, 6.07) is 13.9. The van der Waals surface area contributed by atoms with Crippen molar-refractivity contribution in [2.75, 3.05) is 0 Å². The van der Waals surface area contributed by atoms with Crippen LogP contribution < -0.4 is 0 Å². The molecule has 4 nitrogen and oxygen atoms in total. The molecule has 0 radical (unpaired) electrons. The summed E-state index contributed by atoms with van der Waals surface area (Å²) in [6.45, 7) is 0. The number of halogens is 1. The largest absolute Gasteiger partial charge is 0.269 e. The lowest BCUT2D eigenvalue weighted by Crippen LogP contribution is -2.13. The van der Waals surface area contributed by atoms with Crippen LogP contribution in [0.15, 0.2) is 53.4 Å². The van der Waals surface area contributed by atoms with Crippen LogP contribution in [0.4, 0.5) is 0 Å². The highest BCUT2D eigenvalue weighted by Crippen LogP contribution is 2.60. The monoisotopic (exact) mass is 293 g/mol. The van der Waals surface area contributed by atoms with Crippen molar-refractivity contribution in [3.05, 3.63) is 64.7 Å². The summed E-state index contributed by atoms with van der Waals surface area (Å²) in [5.41, 5.74) is 0.405. The number of hydrogen-bond acceptors (Lipinski definition) is 3. The standard InChI is InChI=1S/C13H8ClNO3S/c14-10-7-5-9(6-8-10)13-11-3-1-2-4-12(11)19(16,17)15(13)18-13/h1-8H. The summed E-state index contributed by atoms with van der Waals surface area (Å²) in [5, 5.41) is 0.599. The van der Waals surface area contributed by atoms with E-state index in [4.69, 9.17) is 16.4 Å². The van der Waals surface area contributed by atoms with Gasteiger partial charge in [0.25, 0.3) is 10.0 Å². The van der Waals surface area contributed by atoms with Gasteiger partial charge in [-0.25, -0.2) is 13.3 Å². The van der Waals surface area contributed by atoms with Crippen LogP contribution in [0, 0.1) is 0 Å². The number of benzene rings is 2. The number of rotatable bonds is 1. The molecule has 0 amide bonds. The highest BCUT2D eigenvalue weighted by atomic mass is 35.5. The number of sulfonamides is 1. The first-order valence-corrected chi connectivity index (χ1v) is 7.49. The summed E-state index contributed by atoms with van der Waals surface area (Å²) in [7, 11) is -3.55. The van der Waals surface area contributed by atoms with Crippen molar-refractivity contribution in [2.24, 2.45) is 0 Å². The van der Waals surface area contributed by atoms with Gasteiger partial charge in [0, 0.05) is 16.1 Å². The molecule has 0 aliphatic carbocycles. The van der Waals surface area contributed by atoms with E-state index in [1.54, 1.807) is 48.5 Å². The van der Waals surface area contributed by atoms with Gasteiger partial charge >= 0.3 is 0 Å². The summed E-state index contributed by atoms with van der Waals surface area (Å²) in [6.07, 6.45) is 0. The zero-order valence-corrected chi connectivity index (χ0v) is 11.1. The highest BCUT2D eigenvalue weighted by molar-refractivity contribution is 7.89. The average Bonchev–Trinajstić information content (AvgIpc) is 3.13. The van der Waals surface area contributed by atoms with Gasteiger partial charge in [-0.2, -0.15) is 0 Å². The van der Waals surface area contributed by atoms with Crippen molar-refractivity contribution < 1.29 is 13.3 Å². The third-order valence-corrected chi connectivity index (χ3v) is 5.36. The molecule has 2 unspecified atom stereocenters. The van der Waals surface area contributed by atoms with Crippen molar-refractivity contribution in [1.82, 2.24) is 4.47 Å². The van der Waals surface area contributed by atoms with Crippen LogP contribution >= 0.6 is 11.6 Å². The number of nitrogens with zero attached hydrogens (tertiary/aromatic N) is 1. The normalized spacial score (nSPS) is 29.6. The molecular formula is C13H8ClNO3S. The van der Waals surface area contributed by atoms with Gasteiger partial charge in [0.05, 0.1) is 4.90 Å². The quantitative estimate of drug-likeness (QED) is 0.759. The molecule has 2 aromatic rings. The molecule has 2 atom stereocenters. The third kappa shape index (κ3) is 1.28. The molecule has 0 N–H and O–H groups in total. The second kappa shape index (κ2) is 3.37. The van der Waals surface area contributed by atoms with E-state index in [0.29, 0.717) is 15.5 Å². The van der Waals surface area contributed by atoms with Crippen molar-refractivity contribution >= 4 is 21.6 Å². The Labute approximate surface area is 115 Å².